The number of carbonyl (C=O) groups excluding carboxylic acids is 1. The van der Waals surface area contributed by atoms with Crippen LogP contribution in [0.1, 0.15) is 162 Å². The first kappa shape index (κ1) is 51.2. The smallest absolute Gasteiger partial charge is 0.387 e. The molecule has 0 saturated carbocycles. The highest BCUT2D eigenvalue weighted by atomic mass is 31.2. The number of rotatable bonds is 37. The van der Waals surface area contributed by atoms with Crippen molar-refractivity contribution in [3.05, 3.63) is 60.8 Å². The standard InChI is InChI=1S/C44H81N2O6P/c1-6-8-10-12-14-16-18-20-21-22-23-24-26-27-29-31-33-35-37-43(47)42(41-52-53(49,50)51-40-39-46(3,4)5)45-44(48)38-36-34-32-30-28-25-19-17-15-13-11-9-7-2/h11,13,17,19,22-23,27,29,35,37,42-43,47H,6-10,12,14-16,18,20-21,24-26,28,30-34,36,38-41H2,1-5H3,(H-,45,48,49,50)/p+1/b13-11-,19-17-,23-22+,29-27+,37-35+. The zero-order chi connectivity index (χ0) is 39.3. The predicted molar refractivity (Wildman–Crippen MR) is 226 cm³/mol. The Kier molecular flexibility index (Phi) is 34.7. The third kappa shape index (κ3) is 38.3. The van der Waals surface area contributed by atoms with Gasteiger partial charge in [-0.3, -0.25) is 13.8 Å². The van der Waals surface area contributed by atoms with Crippen LogP contribution in [0.15, 0.2) is 60.8 Å². The van der Waals surface area contributed by atoms with Gasteiger partial charge < -0.3 is 19.8 Å². The number of quaternary nitrogens is 1. The Balaban J connectivity index is 4.58. The van der Waals surface area contributed by atoms with Crippen LogP contribution in [0.4, 0.5) is 0 Å². The van der Waals surface area contributed by atoms with E-state index in [1.54, 1.807) is 6.08 Å². The molecule has 0 aromatic carbocycles. The van der Waals surface area contributed by atoms with E-state index in [0.717, 1.165) is 77.0 Å². The molecule has 0 aromatic rings. The van der Waals surface area contributed by atoms with E-state index in [-0.39, 0.29) is 19.1 Å². The summed E-state index contributed by atoms with van der Waals surface area (Å²) in [4.78, 5) is 23.0. The van der Waals surface area contributed by atoms with E-state index in [1.165, 1.54) is 64.2 Å². The number of likely N-dealkylation sites (N-methyl/N-ethyl adjacent to an activating group) is 1. The Morgan fingerprint density at radius 3 is 1.70 bits per heavy atom. The maximum Gasteiger partial charge on any atom is 0.472 e. The van der Waals surface area contributed by atoms with Gasteiger partial charge in [-0.2, -0.15) is 0 Å². The van der Waals surface area contributed by atoms with Gasteiger partial charge in [0.2, 0.25) is 5.91 Å². The number of hydrogen-bond donors (Lipinski definition) is 3. The van der Waals surface area contributed by atoms with Crippen molar-refractivity contribution in [3.63, 3.8) is 0 Å². The number of phosphoric ester groups is 1. The zero-order valence-electron chi connectivity index (χ0n) is 34.7. The van der Waals surface area contributed by atoms with Gasteiger partial charge in [-0.1, -0.05) is 145 Å². The van der Waals surface area contributed by atoms with Gasteiger partial charge in [-0.25, -0.2) is 4.57 Å². The van der Waals surface area contributed by atoms with Crippen LogP contribution in [0.2, 0.25) is 0 Å². The van der Waals surface area contributed by atoms with Gasteiger partial charge in [0.1, 0.15) is 13.2 Å². The monoisotopic (exact) mass is 766 g/mol. The summed E-state index contributed by atoms with van der Waals surface area (Å²) < 4.78 is 23.5. The number of amides is 1. The number of nitrogens with zero attached hydrogens (tertiary/aromatic N) is 1. The molecule has 3 N–H and O–H groups in total. The van der Waals surface area contributed by atoms with Crippen molar-refractivity contribution in [1.82, 2.24) is 5.32 Å². The van der Waals surface area contributed by atoms with Crippen LogP contribution < -0.4 is 5.32 Å². The molecule has 0 aliphatic rings. The van der Waals surface area contributed by atoms with E-state index < -0.39 is 20.0 Å². The highest BCUT2D eigenvalue weighted by Crippen LogP contribution is 2.43. The zero-order valence-corrected chi connectivity index (χ0v) is 35.6. The molecule has 9 heteroatoms. The highest BCUT2D eigenvalue weighted by molar-refractivity contribution is 7.47. The Bertz CT molecular complexity index is 1050. The van der Waals surface area contributed by atoms with Crippen LogP contribution in [0.25, 0.3) is 0 Å². The summed E-state index contributed by atoms with van der Waals surface area (Å²) in [6, 6.07) is -0.877. The van der Waals surface area contributed by atoms with Gasteiger partial charge in [0.25, 0.3) is 0 Å². The molecule has 3 unspecified atom stereocenters. The molecule has 0 fully saturated rings. The van der Waals surface area contributed by atoms with E-state index in [1.807, 2.05) is 27.2 Å². The lowest BCUT2D eigenvalue weighted by Crippen LogP contribution is -2.45. The van der Waals surface area contributed by atoms with E-state index in [9.17, 15) is 19.4 Å². The maximum absolute atomic E-state index is 12.8. The molecule has 0 bridgehead atoms. The summed E-state index contributed by atoms with van der Waals surface area (Å²) in [6.07, 6.45) is 45.8. The lowest BCUT2D eigenvalue weighted by Gasteiger charge is -2.25. The molecule has 8 nitrogen and oxygen atoms in total. The number of allylic oxidation sites excluding steroid dienone is 9. The first-order valence-corrected chi connectivity index (χ1v) is 22.7. The summed E-state index contributed by atoms with van der Waals surface area (Å²) in [5, 5.41) is 13.8. The van der Waals surface area contributed by atoms with Gasteiger partial charge >= 0.3 is 7.82 Å². The Hall–Kier alpha value is -1.80. The quantitative estimate of drug-likeness (QED) is 0.0252. The van der Waals surface area contributed by atoms with E-state index in [4.69, 9.17) is 9.05 Å². The number of aliphatic hydroxyl groups excluding tert-OH is 1. The van der Waals surface area contributed by atoms with Crippen molar-refractivity contribution < 1.29 is 32.9 Å². The van der Waals surface area contributed by atoms with Gasteiger partial charge in [0.15, 0.2) is 0 Å². The van der Waals surface area contributed by atoms with E-state index >= 15 is 0 Å². The molecule has 0 rings (SSSR count). The van der Waals surface area contributed by atoms with Crippen LogP contribution >= 0.6 is 7.82 Å². The van der Waals surface area contributed by atoms with Gasteiger partial charge in [-0.05, 0) is 70.6 Å². The fraction of sp³-hybridized carbons (Fsp3) is 0.750. The molecule has 0 heterocycles. The molecule has 308 valence electrons. The summed E-state index contributed by atoms with van der Waals surface area (Å²) in [6.45, 7) is 4.68. The largest absolute Gasteiger partial charge is 0.472 e. The minimum atomic E-state index is -4.35. The number of nitrogens with one attached hydrogen (secondary N) is 1. The summed E-state index contributed by atoms with van der Waals surface area (Å²) in [5.41, 5.74) is 0. The minimum Gasteiger partial charge on any atom is -0.387 e. The van der Waals surface area contributed by atoms with Crippen LogP contribution in [0, 0.1) is 0 Å². The Morgan fingerprint density at radius 2 is 1.13 bits per heavy atom. The van der Waals surface area contributed by atoms with Crippen molar-refractivity contribution in [1.29, 1.82) is 0 Å². The van der Waals surface area contributed by atoms with Crippen molar-refractivity contribution in [2.75, 3.05) is 40.9 Å². The SMILES string of the molecule is CCC/C=C\C/C=C\CCCCCCCC(=O)NC(COP(=O)(O)OCC[N+](C)(C)C)C(O)/C=C/CC/C=C/CC/C=C/CCCCCCCCCC. The molecule has 0 aliphatic heterocycles. The topological polar surface area (TPSA) is 105 Å². The average molecular weight is 766 g/mol. The molecule has 0 aliphatic carbocycles. The first-order valence-electron chi connectivity index (χ1n) is 21.2. The van der Waals surface area contributed by atoms with Crippen molar-refractivity contribution in [2.45, 2.75) is 174 Å². The second kappa shape index (κ2) is 35.9. The van der Waals surface area contributed by atoms with Gasteiger partial charge in [0.05, 0.1) is 39.9 Å². The average Bonchev–Trinajstić information content (AvgIpc) is 3.10. The molecular formula is C44H82N2O6P+. The predicted octanol–water partition coefficient (Wildman–Crippen LogP) is 11.5. The van der Waals surface area contributed by atoms with Crippen molar-refractivity contribution in [2.24, 2.45) is 0 Å². The number of phosphoric acid groups is 1. The lowest BCUT2D eigenvalue weighted by atomic mass is 10.1. The third-order valence-electron chi connectivity index (χ3n) is 8.92. The van der Waals surface area contributed by atoms with E-state index in [0.29, 0.717) is 17.4 Å². The summed E-state index contributed by atoms with van der Waals surface area (Å²) in [5.74, 6) is -0.210. The first-order chi connectivity index (χ1) is 25.5. The van der Waals surface area contributed by atoms with Crippen LogP contribution in [-0.2, 0) is 18.4 Å². The van der Waals surface area contributed by atoms with Crippen LogP contribution in [0.5, 0.6) is 0 Å². The Morgan fingerprint density at radius 1 is 0.642 bits per heavy atom. The van der Waals surface area contributed by atoms with Crippen molar-refractivity contribution in [3.8, 4) is 0 Å². The molecule has 3 atom stereocenters. The highest BCUT2D eigenvalue weighted by Gasteiger charge is 2.27. The second-order valence-electron chi connectivity index (χ2n) is 15.3. The fourth-order valence-corrected chi connectivity index (χ4v) is 6.26. The van der Waals surface area contributed by atoms with Crippen molar-refractivity contribution >= 4 is 13.7 Å². The molecule has 1 amide bonds. The van der Waals surface area contributed by atoms with E-state index in [2.05, 4.69) is 67.8 Å². The maximum atomic E-state index is 12.8. The number of aliphatic hydroxyl groups is 1. The minimum absolute atomic E-state index is 0.0482. The molecule has 53 heavy (non-hydrogen) atoms. The normalized spacial score (nSPS) is 15.1. The molecule has 0 saturated heterocycles. The molecule has 0 aromatic heterocycles. The molecule has 0 spiro atoms. The Labute approximate surface area is 326 Å². The number of carbonyl (C=O) groups is 1. The van der Waals surface area contributed by atoms with Gasteiger partial charge in [0, 0.05) is 6.42 Å². The fourth-order valence-electron chi connectivity index (χ4n) is 5.52. The van der Waals surface area contributed by atoms with Crippen LogP contribution in [0.3, 0.4) is 0 Å². The summed E-state index contributed by atoms with van der Waals surface area (Å²) >= 11 is 0. The third-order valence-corrected chi connectivity index (χ3v) is 9.90. The second-order valence-corrected chi connectivity index (χ2v) is 16.8. The molecule has 0 radical (unpaired) electrons. The summed E-state index contributed by atoms with van der Waals surface area (Å²) in [7, 11) is 1.53. The number of hydrogen-bond acceptors (Lipinski definition) is 5. The van der Waals surface area contributed by atoms with Gasteiger partial charge in [-0.15, -0.1) is 0 Å². The molecular weight excluding hydrogens is 683 g/mol. The van der Waals surface area contributed by atoms with Crippen LogP contribution in [-0.4, -0.2) is 73.4 Å². The number of unbranched alkanes of at least 4 members (excludes halogenated alkanes) is 16. The lowest BCUT2D eigenvalue weighted by molar-refractivity contribution is -0.870.